The van der Waals surface area contributed by atoms with Gasteiger partial charge in [0.15, 0.2) is 0 Å². The molecule has 104 valence electrons. The Morgan fingerprint density at radius 3 is 2.79 bits per heavy atom. The number of hydrogen-bond donors (Lipinski definition) is 2. The number of benzene rings is 1. The maximum atomic E-state index is 11.9. The Bertz CT molecular complexity index is 413. The van der Waals surface area contributed by atoms with Gasteiger partial charge in [-0.25, -0.2) is 0 Å². The molecule has 5 nitrogen and oxygen atoms in total. The minimum Gasteiger partial charge on any atom is -0.395 e. The van der Waals surface area contributed by atoms with Crippen LogP contribution < -0.4 is 10.2 Å². The first-order chi connectivity index (χ1) is 9.20. The fourth-order valence-electron chi connectivity index (χ4n) is 2.06. The van der Waals surface area contributed by atoms with Crippen molar-refractivity contribution in [2.45, 2.75) is 6.42 Å². The molecule has 1 unspecified atom stereocenters. The standard InChI is InChI=1S/C14H20N2O3/c1-16(7-8-17)13-4-2-12(3-5-13)15-14(18)11-6-9-19-10-11/h2-5,11,17H,6-10H2,1H3,(H,15,18). The van der Waals surface area contributed by atoms with Gasteiger partial charge in [-0.2, -0.15) is 0 Å². The summed E-state index contributed by atoms with van der Waals surface area (Å²) >= 11 is 0. The van der Waals surface area contributed by atoms with Crippen molar-refractivity contribution in [1.82, 2.24) is 0 Å². The molecule has 2 N–H and O–H groups in total. The molecule has 0 aliphatic carbocycles. The number of hydrogen-bond acceptors (Lipinski definition) is 4. The van der Waals surface area contributed by atoms with Crippen LogP contribution in [0.2, 0.25) is 0 Å². The van der Waals surface area contributed by atoms with E-state index in [1.165, 1.54) is 0 Å². The van der Waals surface area contributed by atoms with Crippen LogP contribution in [0.25, 0.3) is 0 Å². The van der Waals surface area contributed by atoms with Crippen LogP contribution in [0.1, 0.15) is 6.42 Å². The number of carbonyl (C=O) groups is 1. The van der Waals surface area contributed by atoms with Crippen LogP contribution in [-0.2, 0) is 9.53 Å². The van der Waals surface area contributed by atoms with Crippen molar-refractivity contribution in [3.8, 4) is 0 Å². The lowest BCUT2D eigenvalue weighted by Crippen LogP contribution is -2.23. The molecule has 1 fully saturated rings. The fourth-order valence-corrected chi connectivity index (χ4v) is 2.06. The molecule has 1 aromatic carbocycles. The number of anilines is 2. The zero-order valence-corrected chi connectivity index (χ0v) is 11.1. The van der Waals surface area contributed by atoms with Crippen molar-refractivity contribution < 1.29 is 14.6 Å². The first kappa shape index (κ1) is 13.8. The minimum absolute atomic E-state index is 0.0222. The lowest BCUT2D eigenvalue weighted by molar-refractivity contribution is -0.119. The lowest BCUT2D eigenvalue weighted by atomic mass is 10.1. The van der Waals surface area contributed by atoms with Gasteiger partial charge in [0.25, 0.3) is 0 Å². The van der Waals surface area contributed by atoms with Crippen molar-refractivity contribution in [1.29, 1.82) is 0 Å². The second-order valence-corrected chi connectivity index (χ2v) is 4.74. The molecule has 5 heteroatoms. The van der Waals surface area contributed by atoms with Gasteiger partial charge in [0.1, 0.15) is 0 Å². The summed E-state index contributed by atoms with van der Waals surface area (Å²) in [6.07, 6.45) is 0.795. The molecule has 0 radical (unpaired) electrons. The van der Waals surface area contributed by atoms with Crippen LogP contribution in [0.3, 0.4) is 0 Å². The highest BCUT2D eigenvalue weighted by atomic mass is 16.5. The lowest BCUT2D eigenvalue weighted by Gasteiger charge is -2.18. The Morgan fingerprint density at radius 2 is 2.21 bits per heavy atom. The van der Waals surface area contributed by atoms with Crippen LogP contribution in [-0.4, -0.2) is 44.4 Å². The van der Waals surface area contributed by atoms with Gasteiger partial charge in [0.2, 0.25) is 5.91 Å². The van der Waals surface area contributed by atoms with Crippen LogP contribution >= 0.6 is 0 Å². The molecule has 2 rings (SSSR count). The highest BCUT2D eigenvalue weighted by molar-refractivity contribution is 5.92. The highest BCUT2D eigenvalue weighted by Crippen LogP contribution is 2.19. The van der Waals surface area contributed by atoms with Gasteiger partial charge in [-0.1, -0.05) is 0 Å². The molecule has 0 saturated carbocycles. The second-order valence-electron chi connectivity index (χ2n) is 4.74. The number of nitrogens with zero attached hydrogens (tertiary/aromatic N) is 1. The molecule has 1 saturated heterocycles. The van der Waals surface area contributed by atoms with Crippen LogP contribution in [0.5, 0.6) is 0 Å². The summed E-state index contributed by atoms with van der Waals surface area (Å²) in [5.74, 6) is -0.00861. The van der Waals surface area contributed by atoms with Crippen LogP contribution in [0.4, 0.5) is 11.4 Å². The van der Waals surface area contributed by atoms with Gasteiger partial charge < -0.3 is 20.1 Å². The van der Waals surface area contributed by atoms with E-state index in [9.17, 15) is 4.79 Å². The number of aliphatic hydroxyl groups excluding tert-OH is 1. The predicted molar refractivity (Wildman–Crippen MR) is 74.4 cm³/mol. The number of amides is 1. The average molecular weight is 264 g/mol. The number of nitrogens with one attached hydrogen (secondary N) is 1. The maximum absolute atomic E-state index is 11.9. The van der Waals surface area contributed by atoms with Crippen molar-refractivity contribution in [2.24, 2.45) is 5.92 Å². The van der Waals surface area contributed by atoms with Gasteiger partial charge >= 0.3 is 0 Å². The van der Waals surface area contributed by atoms with Gasteiger partial charge in [0, 0.05) is 31.6 Å². The topological polar surface area (TPSA) is 61.8 Å². The normalized spacial score (nSPS) is 18.3. The quantitative estimate of drug-likeness (QED) is 0.835. The van der Waals surface area contributed by atoms with Gasteiger partial charge in [-0.15, -0.1) is 0 Å². The van der Waals surface area contributed by atoms with Crippen LogP contribution in [0, 0.1) is 5.92 Å². The summed E-state index contributed by atoms with van der Waals surface area (Å²) in [7, 11) is 1.92. The van der Waals surface area contributed by atoms with Crippen molar-refractivity contribution in [3.05, 3.63) is 24.3 Å². The van der Waals surface area contributed by atoms with Crippen molar-refractivity contribution in [3.63, 3.8) is 0 Å². The Labute approximate surface area is 113 Å². The summed E-state index contributed by atoms with van der Waals surface area (Å²) in [6, 6.07) is 7.60. The number of likely N-dealkylation sites (N-methyl/N-ethyl adjacent to an activating group) is 1. The monoisotopic (exact) mass is 264 g/mol. The predicted octanol–water partition coefficient (Wildman–Crippen LogP) is 1.09. The average Bonchev–Trinajstić information content (AvgIpc) is 2.94. The molecule has 1 aliphatic heterocycles. The van der Waals surface area contributed by atoms with E-state index < -0.39 is 0 Å². The molecule has 1 aliphatic rings. The van der Waals surface area contributed by atoms with E-state index >= 15 is 0 Å². The van der Waals surface area contributed by atoms with Gasteiger partial charge in [0.05, 0.1) is 19.1 Å². The SMILES string of the molecule is CN(CCO)c1ccc(NC(=O)C2CCOC2)cc1. The second kappa shape index (κ2) is 6.54. The molecule has 0 aromatic heterocycles. The molecule has 19 heavy (non-hydrogen) atoms. The highest BCUT2D eigenvalue weighted by Gasteiger charge is 2.23. The summed E-state index contributed by atoms with van der Waals surface area (Å²) in [5, 5.41) is 11.8. The first-order valence-corrected chi connectivity index (χ1v) is 6.51. The molecular formula is C14H20N2O3. The van der Waals surface area contributed by atoms with Crippen molar-refractivity contribution in [2.75, 3.05) is 43.6 Å². The third-order valence-corrected chi connectivity index (χ3v) is 3.31. The largest absolute Gasteiger partial charge is 0.395 e. The minimum atomic E-state index is -0.0308. The molecule has 0 spiro atoms. The number of carbonyl (C=O) groups excluding carboxylic acids is 1. The van der Waals surface area contributed by atoms with E-state index in [4.69, 9.17) is 9.84 Å². The van der Waals surface area contributed by atoms with Gasteiger partial charge in [-0.05, 0) is 30.7 Å². The third kappa shape index (κ3) is 3.68. The molecule has 1 heterocycles. The molecule has 0 bridgehead atoms. The van der Waals surface area contributed by atoms with E-state index in [2.05, 4.69) is 5.32 Å². The van der Waals surface area contributed by atoms with Crippen LogP contribution in [0.15, 0.2) is 24.3 Å². The Morgan fingerprint density at radius 1 is 1.47 bits per heavy atom. The third-order valence-electron chi connectivity index (χ3n) is 3.31. The number of aliphatic hydroxyl groups is 1. The van der Waals surface area contributed by atoms with Crippen molar-refractivity contribution >= 4 is 17.3 Å². The Kier molecular flexibility index (Phi) is 4.76. The number of rotatable bonds is 5. The summed E-state index contributed by atoms with van der Waals surface area (Å²) in [5.41, 5.74) is 1.80. The summed E-state index contributed by atoms with van der Waals surface area (Å²) in [4.78, 5) is 13.9. The van der Waals surface area contributed by atoms with E-state index in [-0.39, 0.29) is 18.4 Å². The maximum Gasteiger partial charge on any atom is 0.229 e. The number of ether oxygens (including phenoxy) is 1. The molecular weight excluding hydrogens is 244 g/mol. The Hall–Kier alpha value is -1.59. The smallest absolute Gasteiger partial charge is 0.229 e. The molecule has 1 atom stereocenters. The summed E-state index contributed by atoms with van der Waals surface area (Å²) < 4.78 is 5.20. The summed E-state index contributed by atoms with van der Waals surface area (Å²) in [6.45, 7) is 1.90. The van der Waals surface area contributed by atoms with E-state index in [0.29, 0.717) is 19.8 Å². The van der Waals surface area contributed by atoms with E-state index in [1.807, 2.05) is 36.2 Å². The van der Waals surface area contributed by atoms with E-state index in [1.54, 1.807) is 0 Å². The zero-order valence-electron chi connectivity index (χ0n) is 11.1. The first-order valence-electron chi connectivity index (χ1n) is 6.51. The fraction of sp³-hybridized carbons (Fsp3) is 0.500. The zero-order chi connectivity index (χ0) is 13.7. The van der Waals surface area contributed by atoms with Gasteiger partial charge in [-0.3, -0.25) is 4.79 Å². The Balaban J connectivity index is 1.92. The van der Waals surface area contributed by atoms with E-state index in [0.717, 1.165) is 17.8 Å². The molecule has 1 amide bonds. The molecule has 1 aromatic rings.